The van der Waals surface area contributed by atoms with Crippen molar-refractivity contribution in [3.05, 3.63) is 53.5 Å². The largest absolute Gasteiger partial charge is 0.468 e. The van der Waals surface area contributed by atoms with E-state index in [9.17, 15) is 9.18 Å². The Bertz CT molecular complexity index is 901. The van der Waals surface area contributed by atoms with Crippen LogP contribution in [0.1, 0.15) is 99.0 Å². The van der Waals surface area contributed by atoms with Crippen molar-refractivity contribution in [2.45, 2.75) is 106 Å². The summed E-state index contributed by atoms with van der Waals surface area (Å²) in [6.45, 7) is 18.4. The van der Waals surface area contributed by atoms with Gasteiger partial charge in [0.25, 0.3) is 5.23 Å². The normalized spacial score (nSPS) is 15.3. The molecule has 0 spiro atoms. The topological polar surface area (TPSA) is 51.1 Å². The second-order valence-corrected chi connectivity index (χ2v) is 10.7. The van der Waals surface area contributed by atoms with Gasteiger partial charge in [-0.25, -0.2) is 9.40 Å². The number of nitrogens with zero attached hydrogens (tertiary/aromatic N) is 2. The van der Waals surface area contributed by atoms with E-state index in [0.29, 0.717) is 16.7 Å². The number of carbonyl (C=O) groups excluding carboxylic acids is 1. The molecule has 7 heteroatoms. The van der Waals surface area contributed by atoms with Gasteiger partial charge in [0.1, 0.15) is 18.5 Å². The van der Waals surface area contributed by atoms with E-state index in [0.717, 1.165) is 36.3 Å². The van der Waals surface area contributed by atoms with E-state index in [-0.39, 0.29) is 30.4 Å². The number of ether oxygens (including phenoxy) is 2. The number of hydrazone groups is 1. The molecular weight excluding hydrogens is 487 g/mol. The summed E-state index contributed by atoms with van der Waals surface area (Å²) in [6.07, 6.45) is 9.80. The highest BCUT2D eigenvalue weighted by atomic mass is 32.2. The van der Waals surface area contributed by atoms with Crippen LogP contribution in [0.2, 0.25) is 0 Å². The molecule has 1 aromatic carbocycles. The molecule has 1 heterocycles. The Labute approximate surface area is 228 Å². The number of rotatable bonds is 14. The first kappa shape index (κ1) is 32.9. The molecular formula is C30H47FN2O3S. The molecule has 1 aliphatic heterocycles. The van der Waals surface area contributed by atoms with Crippen molar-refractivity contribution in [3.8, 4) is 0 Å². The molecule has 0 aromatic heterocycles. The van der Waals surface area contributed by atoms with E-state index < -0.39 is 0 Å². The van der Waals surface area contributed by atoms with Gasteiger partial charge in [-0.05, 0) is 76.3 Å². The maximum Gasteiger partial charge on any atom is 0.274 e. The SMILES string of the molecule is C=C1SC(OC(C)C(CCC)CCCC)=NN1/C=C(\CCC)c1ccccc1F.CC(=O)COC(C)C. The van der Waals surface area contributed by atoms with Crippen LogP contribution in [0.5, 0.6) is 0 Å². The van der Waals surface area contributed by atoms with Crippen LogP contribution in [0.3, 0.4) is 0 Å². The number of hydrogen-bond donors (Lipinski definition) is 0. The van der Waals surface area contributed by atoms with Gasteiger partial charge >= 0.3 is 0 Å². The summed E-state index contributed by atoms with van der Waals surface area (Å²) in [5.41, 5.74) is 1.53. The Kier molecular flexibility index (Phi) is 16.2. The molecule has 0 saturated carbocycles. The maximum atomic E-state index is 14.3. The van der Waals surface area contributed by atoms with Crippen molar-refractivity contribution in [1.82, 2.24) is 5.01 Å². The predicted octanol–water partition coefficient (Wildman–Crippen LogP) is 8.77. The fraction of sp³-hybridized carbons (Fsp3) is 0.600. The molecule has 0 aliphatic carbocycles. The Hall–Kier alpha value is -2.12. The first-order valence-electron chi connectivity index (χ1n) is 13.6. The van der Waals surface area contributed by atoms with Gasteiger partial charge in [0.2, 0.25) is 0 Å². The van der Waals surface area contributed by atoms with Gasteiger partial charge < -0.3 is 9.47 Å². The van der Waals surface area contributed by atoms with Crippen molar-refractivity contribution in [3.63, 3.8) is 0 Å². The summed E-state index contributed by atoms with van der Waals surface area (Å²) in [7, 11) is 0. The average molecular weight is 535 g/mol. The molecule has 37 heavy (non-hydrogen) atoms. The lowest BCUT2D eigenvalue weighted by atomic mass is 9.92. The van der Waals surface area contributed by atoms with Crippen molar-refractivity contribution in [2.24, 2.45) is 11.0 Å². The summed E-state index contributed by atoms with van der Waals surface area (Å²) in [5.74, 6) is 0.408. The minimum absolute atomic E-state index is 0.0821. The quantitative estimate of drug-likeness (QED) is 0.239. The standard InChI is InChI=1S/C24H35FN2OS.C6H12O2/c1-6-9-14-20(12-7-2)18(4)28-24-26-27(19(5)29-24)17-21(13-8-3)22-15-10-11-16-23(22)25;1-5(2)8-4-6(3)7/h10-11,15-18,20H,5-9,12-14H2,1-4H3;5H,4H2,1-3H3/b21-17+;. The summed E-state index contributed by atoms with van der Waals surface area (Å²) in [6, 6.07) is 6.88. The highest BCUT2D eigenvalue weighted by Gasteiger charge is 2.25. The Morgan fingerprint density at radius 3 is 2.38 bits per heavy atom. The molecule has 2 unspecified atom stereocenters. The first-order chi connectivity index (χ1) is 17.6. The molecule has 208 valence electrons. The van der Waals surface area contributed by atoms with Crippen LogP contribution in [0.15, 0.2) is 47.2 Å². The van der Waals surface area contributed by atoms with Crippen molar-refractivity contribution < 1.29 is 18.7 Å². The fourth-order valence-corrected chi connectivity index (χ4v) is 4.57. The number of hydrogen-bond acceptors (Lipinski definition) is 6. The Balaban J connectivity index is 0.000000738. The summed E-state index contributed by atoms with van der Waals surface area (Å²) >= 11 is 1.44. The lowest BCUT2D eigenvalue weighted by Crippen LogP contribution is -2.22. The van der Waals surface area contributed by atoms with Crippen LogP contribution >= 0.6 is 11.8 Å². The minimum atomic E-state index is -0.211. The molecule has 0 saturated heterocycles. The number of allylic oxidation sites excluding steroid dienone is 1. The number of unbranched alkanes of at least 4 members (excludes halogenated alkanes) is 1. The van der Waals surface area contributed by atoms with E-state index in [1.165, 1.54) is 44.0 Å². The zero-order chi connectivity index (χ0) is 27.8. The highest BCUT2D eigenvalue weighted by molar-refractivity contribution is 8.17. The van der Waals surface area contributed by atoms with Gasteiger partial charge in [-0.1, -0.05) is 71.2 Å². The number of carbonyl (C=O) groups is 1. The molecule has 2 atom stereocenters. The second-order valence-electron chi connectivity index (χ2n) is 9.67. The minimum Gasteiger partial charge on any atom is -0.468 e. The molecule has 0 bridgehead atoms. The van der Waals surface area contributed by atoms with E-state index >= 15 is 0 Å². The van der Waals surface area contributed by atoms with Crippen LogP contribution in [0, 0.1) is 11.7 Å². The molecule has 5 nitrogen and oxygen atoms in total. The molecule has 1 aliphatic rings. The maximum absolute atomic E-state index is 14.3. The Morgan fingerprint density at radius 2 is 1.84 bits per heavy atom. The summed E-state index contributed by atoms with van der Waals surface area (Å²) in [4.78, 5) is 10.2. The second kappa shape index (κ2) is 18.2. The van der Waals surface area contributed by atoms with Crippen molar-refractivity contribution in [2.75, 3.05) is 6.61 Å². The van der Waals surface area contributed by atoms with Crippen LogP contribution in [-0.2, 0) is 14.3 Å². The molecule has 0 amide bonds. The number of halogens is 1. The summed E-state index contributed by atoms with van der Waals surface area (Å²) in [5, 5.41) is 7.73. The monoisotopic (exact) mass is 534 g/mol. The van der Waals surface area contributed by atoms with Gasteiger partial charge in [-0.15, -0.1) is 5.10 Å². The van der Waals surface area contributed by atoms with E-state index in [4.69, 9.17) is 9.47 Å². The van der Waals surface area contributed by atoms with Crippen LogP contribution in [-0.4, -0.2) is 34.8 Å². The molecule has 0 fully saturated rings. The van der Waals surface area contributed by atoms with Gasteiger partial charge in [0.05, 0.1) is 11.1 Å². The van der Waals surface area contributed by atoms with Crippen molar-refractivity contribution in [1.29, 1.82) is 0 Å². The van der Waals surface area contributed by atoms with E-state index in [2.05, 4.69) is 39.4 Å². The van der Waals surface area contributed by atoms with Gasteiger partial charge in [0, 0.05) is 11.8 Å². The van der Waals surface area contributed by atoms with Gasteiger partial charge in [0.15, 0.2) is 5.78 Å². The van der Waals surface area contributed by atoms with Crippen molar-refractivity contribution >= 4 is 28.3 Å². The van der Waals surface area contributed by atoms with E-state index in [1.54, 1.807) is 11.1 Å². The van der Waals surface area contributed by atoms with Gasteiger partial charge in [-0.3, -0.25) is 4.79 Å². The number of Topliss-reactive ketones (excluding diaryl/α,β-unsaturated/α-hetero) is 1. The van der Waals surface area contributed by atoms with Crippen LogP contribution in [0.4, 0.5) is 4.39 Å². The predicted molar refractivity (Wildman–Crippen MR) is 156 cm³/mol. The molecule has 1 aromatic rings. The molecule has 0 radical (unpaired) electrons. The first-order valence-corrected chi connectivity index (χ1v) is 14.4. The number of benzene rings is 1. The Morgan fingerprint density at radius 1 is 1.14 bits per heavy atom. The van der Waals surface area contributed by atoms with Crippen LogP contribution < -0.4 is 0 Å². The average Bonchev–Trinajstić information content (AvgIpc) is 3.19. The third-order valence-corrected chi connectivity index (χ3v) is 6.60. The third kappa shape index (κ3) is 12.8. The lowest BCUT2D eigenvalue weighted by Gasteiger charge is -2.23. The smallest absolute Gasteiger partial charge is 0.274 e. The molecule has 2 rings (SSSR count). The highest BCUT2D eigenvalue weighted by Crippen LogP contribution is 2.34. The number of ketones is 1. The summed E-state index contributed by atoms with van der Waals surface area (Å²) < 4.78 is 25.5. The number of thioether (sulfide) groups is 1. The zero-order valence-corrected chi connectivity index (χ0v) is 24.7. The van der Waals surface area contributed by atoms with E-state index in [1.807, 2.05) is 32.2 Å². The zero-order valence-electron chi connectivity index (χ0n) is 23.9. The van der Waals surface area contributed by atoms with Crippen LogP contribution in [0.25, 0.3) is 5.57 Å². The third-order valence-electron chi connectivity index (χ3n) is 5.83. The molecule has 0 N–H and O–H groups in total. The fourth-order valence-electron chi connectivity index (χ4n) is 3.86. The lowest BCUT2D eigenvalue weighted by molar-refractivity contribution is -0.122. The van der Waals surface area contributed by atoms with Gasteiger partial charge in [-0.2, -0.15) is 0 Å².